The second kappa shape index (κ2) is 7.11. The molecule has 0 aliphatic heterocycles. The molecule has 0 saturated heterocycles. The fraction of sp³-hybridized carbons (Fsp3) is 0.250. The van der Waals surface area contributed by atoms with E-state index in [1.165, 1.54) is 17.3 Å². The Labute approximate surface area is 155 Å². The molecule has 4 rings (SSSR count). The molecule has 0 amide bonds. The Morgan fingerprint density at radius 2 is 2.15 bits per heavy atom. The van der Waals surface area contributed by atoms with E-state index >= 15 is 0 Å². The van der Waals surface area contributed by atoms with E-state index in [4.69, 9.17) is 9.15 Å². The maximum atomic E-state index is 12.3. The summed E-state index contributed by atoms with van der Waals surface area (Å²) in [7, 11) is 0. The predicted octanol–water partition coefficient (Wildman–Crippen LogP) is 3.84. The third-order valence-electron chi connectivity index (χ3n) is 4.51. The summed E-state index contributed by atoms with van der Waals surface area (Å²) in [5.41, 5.74) is 3.09. The van der Waals surface area contributed by atoms with Gasteiger partial charge in [-0.05, 0) is 31.9 Å². The highest BCUT2D eigenvalue weighted by molar-refractivity contribution is 6.07. The van der Waals surface area contributed by atoms with Gasteiger partial charge in [0, 0.05) is 23.6 Å². The zero-order chi connectivity index (χ0) is 18.8. The van der Waals surface area contributed by atoms with Crippen LogP contribution < -0.4 is 5.32 Å². The normalized spacial score (nSPS) is 11.2. The molecular weight excluding hydrogens is 344 g/mol. The van der Waals surface area contributed by atoms with Gasteiger partial charge in [-0.25, -0.2) is 14.8 Å². The van der Waals surface area contributed by atoms with E-state index in [0.717, 1.165) is 11.9 Å². The van der Waals surface area contributed by atoms with Gasteiger partial charge in [0.15, 0.2) is 0 Å². The largest absolute Gasteiger partial charge is 0.462 e. The third kappa shape index (κ3) is 3.12. The number of anilines is 1. The maximum Gasteiger partial charge on any atom is 0.342 e. The van der Waals surface area contributed by atoms with Crippen molar-refractivity contribution in [2.45, 2.75) is 20.3 Å². The number of carbonyl (C=O) groups excluding carboxylic acids is 1. The summed E-state index contributed by atoms with van der Waals surface area (Å²) >= 11 is 0. The van der Waals surface area contributed by atoms with Crippen LogP contribution in [0.25, 0.3) is 22.0 Å². The molecule has 0 aliphatic carbocycles. The van der Waals surface area contributed by atoms with Gasteiger partial charge in [-0.1, -0.05) is 18.2 Å². The average Bonchev–Trinajstić information content (AvgIpc) is 3.23. The van der Waals surface area contributed by atoms with E-state index < -0.39 is 5.97 Å². The number of fused-ring (bicyclic) bond motifs is 2. The first-order valence-electron chi connectivity index (χ1n) is 8.89. The van der Waals surface area contributed by atoms with E-state index in [9.17, 15) is 4.79 Å². The minimum Gasteiger partial charge on any atom is -0.462 e. The fourth-order valence-electron chi connectivity index (χ4n) is 3.28. The standard InChI is InChI=1S/C20H20N4O3/c1-3-26-20(25)16-12(2)27-19-17(16)18(23-11-24-19)21-9-8-13-10-22-15-7-5-4-6-14(13)15/h4-7,10-11,22H,3,8-9H2,1-2H3,(H,21,23,24). The Hall–Kier alpha value is -3.35. The first kappa shape index (κ1) is 17.1. The molecule has 27 heavy (non-hydrogen) atoms. The third-order valence-corrected chi connectivity index (χ3v) is 4.51. The van der Waals surface area contributed by atoms with E-state index in [2.05, 4.69) is 32.4 Å². The highest BCUT2D eigenvalue weighted by Gasteiger charge is 2.23. The minimum absolute atomic E-state index is 0.294. The summed E-state index contributed by atoms with van der Waals surface area (Å²) in [6.45, 7) is 4.44. The maximum absolute atomic E-state index is 12.3. The van der Waals surface area contributed by atoms with Crippen LogP contribution >= 0.6 is 0 Å². The van der Waals surface area contributed by atoms with Gasteiger partial charge in [-0.15, -0.1) is 0 Å². The molecule has 2 N–H and O–H groups in total. The van der Waals surface area contributed by atoms with Crippen molar-refractivity contribution in [2.24, 2.45) is 0 Å². The molecule has 7 nitrogen and oxygen atoms in total. The molecule has 0 spiro atoms. The van der Waals surface area contributed by atoms with Crippen LogP contribution in [-0.4, -0.2) is 34.1 Å². The zero-order valence-corrected chi connectivity index (χ0v) is 15.2. The second-order valence-electron chi connectivity index (χ2n) is 6.19. The average molecular weight is 364 g/mol. The van der Waals surface area contributed by atoms with Crippen LogP contribution in [0.1, 0.15) is 28.6 Å². The van der Waals surface area contributed by atoms with Gasteiger partial charge >= 0.3 is 5.97 Å². The number of aromatic amines is 1. The molecule has 3 heterocycles. The van der Waals surface area contributed by atoms with Gasteiger partial charge in [0.2, 0.25) is 5.71 Å². The molecular formula is C20H20N4O3. The summed E-state index contributed by atoms with van der Waals surface area (Å²) < 4.78 is 10.8. The number of benzene rings is 1. The van der Waals surface area contributed by atoms with Gasteiger partial charge in [0.1, 0.15) is 23.5 Å². The van der Waals surface area contributed by atoms with Gasteiger partial charge in [-0.2, -0.15) is 0 Å². The molecule has 4 aromatic rings. The molecule has 0 radical (unpaired) electrons. The Morgan fingerprint density at radius 1 is 1.30 bits per heavy atom. The number of aryl methyl sites for hydroxylation is 1. The predicted molar refractivity (Wildman–Crippen MR) is 103 cm³/mol. The molecule has 0 unspecified atom stereocenters. The van der Waals surface area contributed by atoms with E-state index in [0.29, 0.717) is 41.4 Å². The molecule has 138 valence electrons. The van der Waals surface area contributed by atoms with Crippen LogP contribution in [0.4, 0.5) is 5.82 Å². The number of ether oxygens (including phenoxy) is 1. The summed E-state index contributed by atoms with van der Waals surface area (Å²) in [6.07, 6.45) is 4.25. The SMILES string of the molecule is CCOC(=O)c1c(C)oc2ncnc(NCCc3c[nH]c4ccccc34)c12. The Balaban J connectivity index is 1.59. The Kier molecular flexibility index (Phi) is 4.50. The quantitative estimate of drug-likeness (QED) is 0.505. The van der Waals surface area contributed by atoms with Crippen LogP contribution in [-0.2, 0) is 11.2 Å². The van der Waals surface area contributed by atoms with Crippen molar-refractivity contribution in [3.63, 3.8) is 0 Å². The van der Waals surface area contributed by atoms with Gasteiger partial charge in [0.05, 0.1) is 12.0 Å². The summed E-state index contributed by atoms with van der Waals surface area (Å²) in [5.74, 6) is 0.617. The highest BCUT2D eigenvalue weighted by Crippen LogP contribution is 2.29. The molecule has 0 atom stereocenters. The Morgan fingerprint density at radius 3 is 3.00 bits per heavy atom. The number of nitrogens with zero attached hydrogens (tertiary/aromatic N) is 2. The highest BCUT2D eigenvalue weighted by atomic mass is 16.5. The number of esters is 1. The molecule has 0 saturated carbocycles. The molecule has 1 aromatic carbocycles. The van der Waals surface area contributed by atoms with Crippen molar-refractivity contribution in [1.82, 2.24) is 15.0 Å². The zero-order valence-electron chi connectivity index (χ0n) is 15.2. The van der Waals surface area contributed by atoms with E-state index in [1.807, 2.05) is 18.3 Å². The van der Waals surface area contributed by atoms with E-state index in [-0.39, 0.29) is 0 Å². The topological polar surface area (TPSA) is 93.0 Å². The van der Waals surface area contributed by atoms with Crippen LogP contribution in [0.15, 0.2) is 41.2 Å². The molecule has 0 bridgehead atoms. The van der Waals surface area contributed by atoms with Crippen LogP contribution in [0.3, 0.4) is 0 Å². The van der Waals surface area contributed by atoms with Crippen molar-refractivity contribution in [3.8, 4) is 0 Å². The van der Waals surface area contributed by atoms with Crippen molar-refractivity contribution < 1.29 is 13.9 Å². The minimum atomic E-state index is -0.428. The number of para-hydroxylation sites is 1. The lowest BCUT2D eigenvalue weighted by atomic mass is 10.1. The van der Waals surface area contributed by atoms with Crippen molar-refractivity contribution >= 4 is 33.8 Å². The number of H-pyrrole nitrogens is 1. The fourth-order valence-corrected chi connectivity index (χ4v) is 3.28. The number of nitrogens with one attached hydrogen (secondary N) is 2. The summed E-state index contributed by atoms with van der Waals surface area (Å²) in [4.78, 5) is 24.0. The lowest BCUT2D eigenvalue weighted by molar-refractivity contribution is 0.0526. The smallest absolute Gasteiger partial charge is 0.342 e. The lowest BCUT2D eigenvalue weighted by Gasteiger charge is -2.07. The van der Waals surface area contributed by atoms with Crippen molar-refractivity contribution in [3.05, 3.63) is 53.7 Å². The molecule has 3 aromatic heterocycles. The number of rotatable bonds is 6. The first-order chi connectivity index (χ1) is 13.2. The van der Waals surface area contributed by atoms with Gasteiger partial charge < -0.3 is 19.5 Å². The van der Waals surface area contributed by atoms with Crippen LogP contribution in [0.5, 0.6) is 0 Å². The number of hydrogen-bond acceptors (Lipinski definition) is 6. The summed E-state index contributed by atoms with van der Waals surface area (Å²) in [6, 6.07) is 8.19. The van der Waals surface area contributed by atoms with Crippen LogP contribution in [0, 0.1) is 6.92 Å². The molecule has 0 aliphatic rings. The monoisotopic (exact) mass is 364 g/mol. The van der Waals surface area contributed by atoms with Gasteiger partial charge in [-0.3, -0.25) is 0 Å². The lowest BCUT2D eigenvalue weighted by Crippen LogP contribution is -2.09. The molecule has 7 heteroatoms. The van der Waals surface area contributed by atoms with Crippen molar-refractivity contribution in [2.75, 3.05) is 18.5 Å². The van der Waals surface area contributed by atoms with Gasteiger partial charge in [0.25, 0.3) is 0 Å². The number of furan rings is 1. The molecule has 0 fully saturated rings. The number of carbonyl (C=O) groups is 1. The number of aromatic nitrogens is 3. The first-order valence-corrected chi connectivity index (χ1v) is 8.89. The van der Waals surface area contributed by atoms with Crippen LogP contribution in [0.2, 0.25) is 0 Å². The Bertz CT molecular complexity index is 1110. The second-order valence-corrected chi connectivity index (χ2v) is 6.19. The number of hydrogen-bond donors (Lipinski definition) is 2. The van der Waals surface area contributed by atoms with E-state index in [1.54, 1.807) is 13.8 Å². The summed E-state index contributed by atoms with van der Waals surface area (Å²) in [5, 5.41) is 5.08. The van der Waals surface area contributed by atoms with Crippen molar-refractivity contribution in [1.29, 1.82) is 0 Å².